The first kappa shape index (κ1) is 19.3. The molecule has 0 amide bonds. The van der Waals surface area contributed by atoms with Crippen molar-refractivity contribution in [2.45, 2.75) is 38.5 Å². The Balaban J connectivity index is 1.57. The molecule has 0 saturated carbocycles. The molecule has 3 aromatic rings. The van der Waals surface area contributed by atoms with Crippen molar-refractivity contribution in [1.82, 2.24) is 9.80 Å². The summed E-state index contributed by atoms with van der Waals surface area (Å²) in [5, 5.41) is 4.43. The maximum atomic E-state index is 14.1. The Labute approximate surface area is 171 Å². The van der Waals surface area contributed by atoms with E-state index in [2.05, 4.69) is 70.8 Å². The van der Waals surface area contributed by atoms with E-state index >= 15 is 0 Å². The van der Waals surface area contributed by atoms with Gasteiger partial charge in [-0.1, -0.05) is 48.5 Å². The number of halogens is 1. The van der Waals surface area contributed by atoms with Crippen LogP contribution in [-0.2, 0) is 6.54 Å². The van der Waals surface area contributed by atoms with E-state index < -0.39 is 0 Å². The van der Waals surface area contributed by atoms with Crippen LogP contribution in [0, 0.1) is 5.82 Å². The molecule has 0 radical (unpaired) electrons. The quantitative estimate of drug-likeness (QED) is 0.558. The van der Waals surface area contributed by atoms with Gasteiger partial charge in [0.15, 0.2) is 0 Å². The van der Waals surface area contributed by atoms with Crippen LogP contribution in [0.1, 0.15) is 36.6 Å². The molecule has 0 aliphatic carbocycles. The van der Waals surface area contributed by atoms with Crippen molar-refractivity contribution >= 4 is 11.3 Å². The monoisotopic (exact) mass is 394 g/mol. The molecule has 2 nitrogen and oxygen atoms in total. The Morgan fingerprint density at radius 2 is 1.68 bits per heavy atom. The van der Waals surface area contributed by atoms with E-state index in [0.717, 1.165) is 18.7 Å². The lowest BCUT2D eigenvalue weighted by Crippen LogP contribution is -2.56. The molecule has 1 aliphatic heterocycles. The summed E-state index contributed by atoms with van der Waals surface area (Å²) in [6.45, 7) is 7.12. The highest BCUT2D eigenvalue weighted by molar-refractivity contribution is 7.08. The summed E-state index contributed by atoms with van der Waals surface area (Å²) in [6.07, 6.45) is 0. The number of piperazine rings is 1. The molecule has 3 atom stereocenters. The van der Waals surface area contributed by atoms with Gasteiger partial charge in [0, 0.05) is 37.3 Å². The largest absolute Gasteiger partial charge is 0.293 e. The number of nitrogens with zero attached hydrogens (tertiary/aromatic N) is 2. The fourth-order valence-corrected chi connectivity index (χ4v) is 4.97. The SMILES string of the molecule is C[C@@H]1CN([C@@H](c2ccccc2)c2ccsc2)[C@@H](C)CN1Cc1ccccc1F. The molecular weight excluding hydrogens is 367 g/mol. The van der Waals surface area contributed by atoms with Crippen LogP contribution in [0.3, 0.4) is 0 Å². The summed E-state index contributed by atoms with van der Waals surface area (Å²) in [6, 6.07) is 21.2. The van der Waals surface area contributed by atoms with Gasteiger partial charge in [-0.2, -0.15) is 11.3 Å². The fraction of sp³-hybridized carbons (Fsp3) is 0.333. The van der Waals surface area contributed by atoms with Crippen LogP contribution in [0.4, 0.5) is 4.39 Å². The number of hydrogen-bond acceptors (Lipinski definition) is 3. The zero-order chi connectivity index (χ0) is 19.5. The second kappa shape index (κ2) is 8.56. The van der Waals surface area contributed by atoms with Gasteiger partial charge in [0.1, 0.15) is 5.82 Å². The fourth-order valence-electron chi connectivity index (χ4n) is 4.29. The second-order valence-electron chi connectivity index (χ2n) is 7.79. The van der Waals surface area contributed by atoms with Gasteiger partial charge in [-0.15, -0.1) is 0 Å². The van der Waals surface area contributed by atoms with Gasteiger partial charge in [-0.05, 0) is 47.9 Å². The average molecular weight is 395 g/mol. The van der Waals surface area contributed by atoms with Crippen LogP contribution in [0.2, 0.25) is 0 Å². The molecule has 4 heteroatoms. The highest BCUT2D eigenvalue weighted by Gasteiger charge is 2.35. The lowest BCUT2D eigenvalue weighted by Gasteiger charge is -2.47. The third kappa shape index (κ3) is 4.04. The standard InChI is InChI=1S/C24H27FN2S/c1-18-15-27(19(2)14-26(18)16-21-10-6-7-11-23(21)25)24(22-12-13-28-17-22)20-8-4-3-5-9-20/h3-13,17-19,24H,14-16H2,1-2H3/t18-,19+,24+/m1/s1. The van der Waals surface area contributed by atoms with E-state index in [0.29, 0.717) is 18.6 Å². The van der Waals surface area contributed by atoms with E-state index in [1.807, 2.05) is 12.1 Å². The van der Waals surface area contributed by atoms with E-state index in [-0.39, 0.29) is 11.9 Å². The zero-order valence-electron chi connectivity index (χ0n) is 16.5. The van der Waals surface area contributed by atoms with E-state index in [1.165, 1.54) is 11.1 Å². The normalized spacial score (nSPS) is 22.2. The summed E-state index contributed by atoms with van der Waals surface area (Å²) in [7, 11) is 0. The van der Waals surface area contributed by atoms with Gasteiger partial charge in [-0.3, -0.25) is 9.80 Å². The molecule has 0 N–H and O–H groups in total. The molecule has 1 aliphatic rings. The molecule has 1 saturated heterocycles. The Bertz CT molecular complexity index is 881. The molecule has 1 fully saturated rings. The third-order valence-corrected chi connectivity index (χ3v) is 6.50. The van der Waals surface area contributed by atoms with E-state index in [1.54, 1.807) is 23.5 Å². The van der Waals surface area contributed by atoms with Gasteiger partial charge in [0.25, 0.3) is 0 Å². The number of hydrogen-bond donors (Lipinski definition) is 0. The summed E-state index contributed by atoms with van der Waals surface area (Å²) in [4.78, 5) is 5.02. The Morgan fingerprint density at radius 3 is 2.39 bits per heavy atom. The second-order valence-corrected chi connectivity index (χ2v) is 8.57. The van der Waals surface area contributed by atoms with Crippen molar-refractivity contribution in [3.8, 4) is 0 Å². The van der Waals surface area contributed by atoms with Crippen LogP contribution < -0.4 is 0 Å². The summed E-state index contributed by atoms with van der Waals surface area (Å²) in [5.41, 5.74) is 3.48. The molecule has 28 heavy (non-hydrogen) atoms. The first-order valence-corrected chi connectivity index (χ1v) is 10.9. The highest BCUT2D eigenvalue weighted by atomic mass is 32.1. The first-order valence-electron chi connectivity index (χ1n) is 9.93. The molecule has 4 rings (SSSR count). The van der Waals surface area contributed by atoms with Gasteiger partial charge in [-0.25, -0.2) is 4.39 Å². The predicted molar refractivity (Wildman–Crippen MR) is 115 cm³/mol. The lowest BCUT2D eigenvalue weighted by atomic mass is 9.95. The average Bonchev–Trinajstić information content (AvgIpc) is 3.22. The van der Waals surface area contributed by atoms with E-state index in [9.17, 15) is 4.39 Å². The van der Waals surface area contributed by atoms with Gasteiger partial charge < -0.3 is 0 Å². The van der Waals surface area contributed by atoms with Crippen molar-refractivity contribution in [2.75, 3.05) is 13.1 Å². The maximum Gasteiger partial charge on any atom is 0.127 e. The van der Waals surface area contributed by atoms with Crippen molar-refractivity contribution < 1.29 is 4.39 Å². The van der Waals surface area contributed by atoms with Crippen molar-refractivity contribution in [2.24, 2.45) is 0 Å². The molecular formula is C24H27FN2S. The molecule has 0 spiro atoms. The predicted octanol–water partition coefficient (Wildman–Crippen LogP) is 5.57. The van der Waals surface area contributed by atoms with Crippen molar-refractivity contribution in [3.63, 3.8) is 0 Å². The lowest BCUT2D eigenvalue weighted by molar-refractivity contribution is 0.0191. The smallest absolute Gasteiger partial charge is 0.127 e. The molecule has 1 aromatic heterocycles. The molecule has 2 heterocycles. The number of thiophene rings is 1. The minimum Gasteiger partial charge on any atom is -0.293 e. The summed E-state index contributed by atoms with van der Waals surface area (Å²) < 4.78 is 14.1. The van der Waals surface area contributed by atoms with Crippen molar-refractivity contribution in [1.29, 1.82) is 0 Å². The Hall–Kier alpha value is -2.01. The minimum atomic E-state index is -0.106. The Morgan fingerprint density at radius 1 is 0.929 bits per heavy atom. The van der Waals surface area contributed by atoms with Crippen LogP contribution in [0.5, 0.6) is 0 Å². The maximum absolute atomic E-state index is 14.1. The van der Waals surface area contributed by atoms with Crippen LogP contribution in [-0.4, -0.2) is 35.0 Å². The van der Waals surface area contributed by atoms with Crippen molar-refractivity contribution in [3.05, 3.63) is 93.9 Å². The first-order chi connectivity index (χ1) is 13.6. The van der Waals surface area contributed by atoms with Crippen LogP contribution in [0.25, 0.3) is 0 Å². The van der Waals surface area contributed by atoms with Gasteiger partial charge in [0.2, 0.25) is 0 Å². The third-order valence-electron chi connectivity index (χ3n) is 5.80. The Kier molecular flexibility index (Phi) is 5.90. The molecule has 146 valence electrons. The topological polar surface area (TPSA) is 6.48 Å². The minimum absolute atomic E-state index is 0.106. The highest BCUT2D eigenvalue weighted by Crippen LogP contribution is 2.34. The molecule has 0 unspecified atom stereocenters. The zero-order valence-corrected chi connectivity index (χ0v) is 17.3. The van der Waals surface area contributed by atoms with Gasteiger partial charge >= 0.3 is 0 Å². The molecule has 2 aromatic carbocycles. The summed E-state index contributed by atoms with van der Waals surface area (Å²) >= 11 is 1.75. The van der Waals surface area contributed by atoms with Crippen LogP contribution >= 0.6 is 11.3 Å². The summed E-state index contributed by atoms with van der Waals surface area (Å²) in [5.74, 6) is -0.106. The van der Waals surface area contributed by atoms with Gasteiger partial charge in [0.05, 0.1) is 6.04 Å². The molecule has 0 bridgehead atoms. The number of rotatable bonds is 5. The van der Waals surface area contributed by atoms with E-state index in [4.69, 9.17) is 0 Å². The number of benzene rings is 2. The van der Waals surface area contributed by atoms with Crippen LogP contribution in [0.15, 0.2) is 71.4 Å².